The van der Waals surface area contributed by atoms with E-state index >= 15 is 0 Å². The van der Waals surface area contributed by atoms with Gasteiger partial charge in [-0.2, -0.15) is 0 Å². The summed E-state index contributed by atoms with van der Waals surface area (Å²) < 4.78 is 0. The molecule has 1 aliphatic heterocycles. The van der Waals surface area contributed by atoms with Gasteiger partial charge in [-0.25, -0.2) is 4.98 Å². The van der Waals surface area contributed by atoms with Gasteiger partial charge in [0, 0.05) is 11.6 Å². The lowest BCUT2D eigenvalue weighted by Gasteiger charge is -2.14. The minimum absolute atomic E-state index is 0.399. The molecule has 1 aliphatic rings. The second-order valence-corrected chi connectivity index (χ2v) is 4.79. The molecule has 3 nitrogen and oxygen atoms in total. The monoisotopic (exact) mass is 211 g/mol. The lowest BCUT2D eigenvalue weighted by Crippen LogP contribution is -2.26. The zero-order chi connectivity index (χ0) is 9.80. The van der Waals surface area contributed by atoms with Gasteiger partial charge >= 0.3 is 0 Å². The van der Waals surface area contributed by atoms with Gasteiger partial charge in [0.2, 0.25) is 0 Å². The van der Waals surface area contributed by atoms with E-state index in [1.165, 1.54) is 18.0 Å². The molecule has 0 amide bonds. The Labute approximate surface area is 88.9 Å². The summed E-state index contributed by atoms with van der Waals surface area (Å²) in [4.78, 5) is 4.30. The largest absolute Gasteiger partial charge is 0.316 e. The summed E-state index contributed by atoms with van der Waals surface area (Å²) in [5, 5.41) is 10.1. The van der Waals surface area contributed by atoms with Crippen molar-refractivity contribution in [3.63, 3.8) is 0 Å². The average Bonchev–Trinajstić information content (AvgIpc) is 2.87. The lowest BCUT2D eigenvalue weighted by atomic mass is 10.1. The van der Waals surface area contributed by atoms with Crippen LogP contribution in [0.15, 0.2) is 11.6 Å². The normalized spacial score (nSPS) is 23.9. The maximum Gasteiger partial charge on any atom is 0.109 e. The molecule has 1 aromatic heterocycles. The van der Waals surface area contributed by atoms with E-state index in [2.05, 4.69) is 22.5 Å². The van der Waals surface area contributed by atoms with E-state index in [9.17, 15) is 0 Å². The Morgan fingerprint density at radius 2 is 2.71 bits per heavy atom. The molecule has 0 aliphatic carbocycles. The molecule has 0 spiro atoms. The van der Waals surface area contributed by atoms with Crippen molar-refractivity contribution >= 4 is 11.3 Å². The number of nitrogens with one attached hydrogen (secondary N) is 2. The first-order chi connectivity index (χ1) is 6.86. The minimum atomic E-state index is 0.399. The Morgan fingerprint density at radius 3 is 3.36 bits per heavy atom. The predicted molar refractivity (Wildman–Crippen MR) is 59.5 cm³/mol. The van der Waals surface area contributed by atoms with Crippen LogP contribution < -0.4 is 10.6 Å². The highest BCUT2D eigenvalue weighted by Gasteiger charge is 2.15. The quantitative estimate of drug-likeness (QED) is 0.790. The van der Waals surface area contributed by atoms with Crippen molar-refractivity contribution in [2.45, 2.75) is 19.4 Å². The number of nitrogens with zero attached hydrogens (tertiary/aromatic N) is 1. The first-order valence-corrected chi connectivity index (χ1v) is 6.07. The Hall–Kier alpha value is -0.450. The summed E-state index contributed by atoms with van der Waals surface area (Å²) in [5.74, 6) is 0.803. The van der Waals surface area contributed by atoms with Gasteiger partial charge in [-0.1, -0.05) is 0 Å². The summed E-state index contributed by atoms with van der Waals surface area (Å²) in [7, 11) is 0. The number of thiazole rings is 1. The molecule has 0 saturated carbocycles. The molecule has 0 radical (unpaired) electrons. The fourth-order valence-electron chi connectivity index (χ4n) is 1.77. The molecule has 0 aromatic carbocycles. The van der Waals surface area contributed by atoms with Gasteiger partial charge in [0.1, 0.15) is 5.01 Å². The molecule has 2 atom stereocenters. The molecule has 2 rings (SSSR count). The van der Waals surface area contributed by atoms with E-state index in [1.807, 2.05) is 11.6 Å². The second-order valence-electron chi connectivity index (χ2n) is 3.86. The van der Waals surface area contributed by atoms with Gasteiger partial charge in [0.15, 0.2) is 0 Å². The van der Waals surface area contributed by atoms with Crippen molar-refractivity contribution in [3.05, 3.63) is 16.6 Å². The topological polar surface area (TPSA) is 37.0 Å². The van der Waals surface area contributed by atoms with E-state index in [0.717, 1.165) is 19.0 Å². The van der Waals surface area contributed by atoms with Crippen molar-refractivity contribution in [2.75, 3.05) is 19.6 Å². The molecule has 78 valence electrons. The average molecular weight is 211 g/mol. The van der Waals surface area contributed by atoms with Crippen molar-refractivity contribution in [3.8, 4) is 0 Å². The van der Waals surface area contributed by atoms with Crippen LogP contribution in [0.2, 0.25) is 0 Å². The van der Waals surface area contributed by atoms with Gasteiger partial charge in [0.25, 0.3) is 0 Å². The number of hydrogen-bond donors (Lipinski definition) is 2. The van der Waals surface area contributed by atoms with Crippen molar-refractivity contribution in [1.82, 2.24) is 15.6 Å². The Bertz CT molecular complexity index is 254. The van der Waals surface area contributed by atoms with E-state index in [4.69, 9.17) is 0 Å². The summed E-state index contributed by atoms with van der Waals surface area (Å²) in [5.41, 5.74) is 0. The first kappa shape index (κ1) is 10.1. The highest BCUT2D eigenvalue weighted by atomic mass is 32.1. The molecule has 0 unspecified atom stereocenters. The highest BCUT2D eigenvalue weighted by Crippen LogP contribution is 2.15. The molecule has 0 bridgehead atoms. The molecule has 1 saturated heterocycles. The van der Waals surface area contributed by atoms with Crippen LogP contribution >= 0.6 is 11.3 Å². The maximum atomic E-state index is 4.30. The van der Waals surface area contributed by atoms with Gasteiger partial charge in [-0.15, -0.1) is 11.3 Å². The number of rotatable bonds is 4. The molecular weight excluding hydrogens is 194 g/mol. The van der Waals surface area contributed by atoms with Crippen molar-refractivity contribution in [1.29, 1.82) is 0 Å². The van der Waals surface area contributed by atoms with Crippen LogP contribution in [0, 0.1) is 5.92 Å². The van der Waals surface area contributed by atoms with Crippen LogP contribution in [0.3, 0.4) is 0 Å². The summed E-state index contributed by atoms with van der Waals surface area (Å²) in [6, 6.07) is 0.399. The van der Waals surface area contributed by atoms with Crippen LogP contribution in [0.25, 0.3) is 0 Å². The van der Waals surface area contributed by atoms with Crippen LogP contribution in [0.5, 0.6) is 0 Å². The zero-order valence-corrected chi connectivity index (χ0v) is 9.31. The molecular formula is C10H17N3S. The van der Waals surface area contributed by atoms with Crippen LogP contribution in [0.4, 0.5) is 0 Å². The van der Waals surface area contributed by atoms with Gasteiger partial charge in [-0.05, 0) is 38.9 Å². The molecule has 2 heterocycles. The fraction of sp³-hybridized carbons (Fsp3) is 0.700. The highest BCUT2D eigenvalue weighted by molar-refractivity contribution is 7.09. The van der Waals surface area contributed by atoms with Crippen LogP contribution in [-0.4, -0.2) is 24.6 Å². The van der Waals surface area contributed by atoms with E-state index in [0.29, 0.717) is 6.04 Å². The molecule has 2 N–H and O–H groups in total. The fourth-order valence-corrected chi connectivity index (χ4v) is 2.44. The first-order valence-electron chi connectivity index (χ1n) is 5.20. The van der Waals surface area contributed by atoms with E-state index in [-0.39, 0.29) is 0 Å². The minimum Gasteiger partial charge on any atom is -0.316 e. The van der Waals surface area contributed by atoms with Gasteiger partial charge in [0.05, 0.1) is 6.04 Å². The SMILES string of the molecule is C[C@@H](NC[C@@H]1CCNC1)c1nccs1. The summed E-state index contributed by atoms with van der Waals surface area (Å²) >= 11 is 1.72. The van der Waals surface area contributed by atoms with E-state index in [1.54, 1.807) is 11.3 Å². The van der Waals surface area contributed by atoms with Crippen molar-refractivity contribution in [2.24, 2.45) is 5.92 Å². The zero-order valence-electron chi connectivity index (χ0n) is 8.49. The summed E-state index contributed by atoms with van der Waals surface area (Å²) in [6.07, 6.45) is 3.17. The van der Waals surface area contributed by atoms with Crippen LogP contribution in [0.1, 0.15) is 24.4 Å². The Kier molecular flexibility index (Phi) is 3.50. The molecule has 4 heteroatoms. The summed E-state index contributed by atoms with van der Waals surface area (Å²) in [6.45, 7) is 5.63. The third-order valence-electron chi connectivity index (χ3n) is 2.70. The third kappa shape index (κ3) is 2.53. The Balaban J connectivity index is 1.74. The number of aromatic nitrogens is 1. The Morgan fingerprint density at radius 1 is 1.79 bits per heavy atom. The van der Waals surface area contributed by atoms with Crippen molar-refractivity contribution < 1.29 is 0 Å². The smallest absolute Gasteiger partial charge is 0.109 e. The third-order valence-corrected chi connectivity index (χ3v) is 3.66. The lowest BCUT2D eigenvalue weighted by molar-refractivity contribution is 0.469. The standard InChI is InChI=1S/C10H17N3S/c1-8(10-12-4-5-14-10)13-7-9-2-3-11-6-9/h4-5,8-9,11,13H,2-3,6-7H2,1H3/t8-,9-/m1/s1. The predicted octanol–water partition coefficient (Wildman–Crippen LogP) is 1.40. The molecule has 14 heavy (non-hydrogen) atoms. The van der Waals surface area contributed by atoms with E-state index < -0.39 is 0 Å². The van der Waals surface area contributed by atoms with Crippen LogP contribution in [-0.2, 0) is 0 Å². The van der Waals surface area contributed by atoms with Gasteiger partial charge < -0.3 is 10.6 Å². The molecule has 1 aromatic rings. The second kappa shape index (κ2) is 4.87. The maximum absolute atomic E-state index is 4.30. The van der Waals surface area contributed by atoms with Gasteiger partial charge in [-0.3, -0.25) is 0 Å². The molecule has 1 fully saturated rings. The number of hydrogen-bond acceptors (Lipinski definition) is 4.